The van der Waals surface area contributed by atoms with Crippen LogP contribution in [0.15, 0.2) is 89.5 Å². The molecule has 3 aromatic carbocycles. The molecular formula is C24H19BrClN3O2. The summed E-state index contributed by atoms with van der Waals surface area (Å²) in [7, 11) is 0. The molecule has 4 aromatic rings. The van der Waals surface area contributed by atoms with Gasteiger partial charge in [0.25, 0.3) is 5.91 Å². The maximum Gasteiger partial charge on any atom is 0.256 e. The van der Waals surface area contributed by atoms with Crippen molar-refractivity contribution in [2.45, 2.75) is 13.2 Å². The zero-order valence-electron chi connectivity index (χ0n) is 16.5. The molecule has 0 bridgehead atoms. The van der Waals surface area contributed by atoms with Crippen molar-refractivity contribution in [2.75, 3.05) is 5.32 Å². The van der Waals surface area contributed by atoms with Crippen LogP contribution in [0.1, 0.15) is 21.5 Å². The molecule has 0 spiro atoms. The van der Waals surface area contributed by atoms with Crippen molar-refractivity contribution in [3.05, 3.63) is 111 Å². The first-order valence-electron chi connectivity index (χ1n) is 9.62. The lowest BCUT2D eigenvalue weighted by atomic mass is 10.1. The zero-order valence-corrected chi connectivity index (χ0v) is 18.8. The van der Waals surface area contributed by atoms with Gasteiger partial charge in [0, 0.05) is 27.3 Å². The molecule has 1 heterocycles. The van der Waals surface area contributed by atoms with Crippen LogP contribution in [0, 0.1) is 0 Å². The van der Waals surface area contributed by atoms with E-state index in [9.17, 15) is 4.79 Å². The van der Waals surface area contributed by atoms with E-state index in [1.807, 2.05) is 66.7 Å². The molecule has 5 nitrogen and oxygen atoms in total. The smallest absolute Gasteiger partial charge is 0.256 e. The van der Waals surface area contributed by atoms with E-state index in [0.717, 1.165) is 21.3 Å². The summed E-state index contributed by atoms with van der Waals surface area (Å²) >= 11 is 9.61. The van der Waals surface area contributed by atoms with Crippen LogP contribution < -0.4 is 10.1 Å². The minimum absolute atomic E-state index is 0.228. The maximum absolute atomic E-state index is 12.7. The Morgan fingerprint density at radius 3 is 2.65 bits per heavy atom. The fourth-order valence-electron chi connectivity index (χ4n) is 3.01. The normalized spacial score (nSPS) is 10.6. The van der Waals surface area contributed by atoms with Gasteiger partial charge in [-0.1, -0.05) is 57.9 Å². The fourth-order valence-corrected chi connectivity index (χ4v) is 3.47. The number of rotatable bonds is 7. The topological polar surface area (TPSA) is 56.2 Å². The maximum atomic E-state index is 12.7. The summed E-state index contributed by atoms with van der Waals surface area (Å²) in [4.78, 5) is 12.7. The lowest BCUT2D eigenvalue weighted by molar-refractivity contribution is 0.102. The molecule has 0 radical (unpaired) electrons. The Kier molecular flexibility index (Phi) is 6.70. The number of carbonyl (C=O) groups excluding carboxylic acids is 1. The first-order chi connectivity index (χ1) is 15.1. The zero-order chi connectivity index (χ0) is 21.6. The molecule has 0 aliphatic heterocycles. The van der Waals surface area contributed by atoms with Crippen LogP contribution in [-0.2, 0) is 13.2 Å². The van der Waals surface area contributed by atoms with Gasteiger partial charge in [-0.15, -0.1) is 0 Å². The van der Waals surface area contributed by atoms with Gasteiger partial charge in [-0.3, -0.25) is 9.48 Å². The van der Waals surface area contributed by atoms with Crippen molar-refractivity contribution in [3.8, 4) is 5.75 Å². The highest BCUT2D eigenvalue weighted by atomic mass is 79.9. The van der Waals surface area contributed by atoms with Gasteiger partial charge >= 0.3 is 0 Å². The molecule has 0 saturated heterocycles. The number of halogens is 2. The van der Waals surface area contributed by atoms with Crippen LogP contribution in [0.25, 0.3) is 0 Å². The van der Waals surface area contributed by atoms with E-state index in [0.29, 0.717) is 29.6 Å². The van der Waals surface area contributed by atoms with E-state index >= 15 is 0 Å². The Morgan fingerprint density at radius 2 is 1.84 bits per heavy atom. The van der Waals surface area contributed by atoms with Crippen molar-refractivity contribution in [2.24, 2.45) is 0 Å². The van der Waals surface area contributed by atoms with E-state index in [2.05, 4.69) is 26.3 Å². The predicted octanol–water partition coefficient (Wildman–Crippen LogP) is 6.18. The van der Waals surface area contributed by atoms with Gasteiger partial charge in [-0.25, -0.2) is 0 Å². The highest BCUT2D eigenvalue weighted by Crippen LogP contribution is 2.19. The molecule has 1 N–H and O–H groups in total. The lowest BCUT2D eigenvalue weighted by Gasteiger charge is -2.08. The Morgan fingerprint density at radius 1 is 1.03 bits per heavy atom. The van der Waals surface area contributed by atoms with Gasteiger partial charge in [-0.2, -0.15) is 5.10 Å². The monoisotopic (exact) mass is 495 g/mol. The first-order valence-corrected chi connectivity index (χ1v) is 10.8. The average Bonchev–Trinajstić information content (AvgIpc) is 3.22. The number of nitrogens with one attached hydrogen (secondary N) is 1. The Balaban J connectivity index is 1.37. The van der Waals surface area contributed by atoms with Crippen LogP contribution in [0.4, 0.5) is 5.82 Å². The van der Waals surface area contributed by atoms with E-state index < -0.39 is 0 Å². The SMILES string of the molecule is O=C(Nc1ccn(Cc2ccccc2Cl)n1)c1cccc(COc2ccc(Br)cc2)c1. The molecule has 0 atom stereocenters. The number of hydrogen-bond donors (Lipinski definition) is 1. The molecule has 0 fully saturated rings. The van der Waals surface area contributed by atoms with Crippen LogP contribution >= 0.6 is 27.5 Å². The molecule has 31 heavy (non-hydrogen) atoms. The minimum Gasteiger partial charge on any atom is -0.489 e. The van der Waals surface area contributed by atoms with Crippen LogP contribution in [-0.4, -0.2) is 15.7 Å². The second-order valence-corrected chi connectivity index (χ2v) is 8.21. The largest absolute Gasteiger partial charge is 0.489 e. The van der Waals surface area contributed by atoms with Crippen molar-refractivity contribution in [1.29, 1.82) is 0 Å². The first kappa shape index (κ1) is 21.2. The van der Waals surface area contributed by atoms with Crippen LogP contribution in [0.3, 0.4) is 0 Å². The summed E-state index contributed by atoms with van der Waals surface area (Å²) in [5.41, 5.74) is 2.40. The number of amides is 1. The third-order valence-corrected chi connectivity index (χ3v) is 5.48. The van der Waals surface area contributed by atoms with Gasteiger partial charge in [-0.05, 0) is 53.6 Å². The number of carbonyl (C=O) groups is 1. The van der Waals surface area contributed by atoms with E-state index in [1.165, 1.54) is 0 Å². The quantitative estimate of drug-likeness (QED) is 0.332. The fraction of sp³-hybridized carbons (Fsp3) is 0.0833. The summed E-state index contributed by atoms with van der Waals surface area (Å²) in [5, 5.41) is 7.94. The summed E-state index contributed by atoms with van der Waals surface area (Å²) in [6.45, 7) is 0.896. The lowest BCUT2D eigenvalue weighted by Crippen LogP contribution is -2.13. The number of ether oxygens (including phenoxy) is 1. The summed E-state index contributed by atoms with van der Waals surface area (Å²) < 4.78 is 8.52. The third kappa shape index (κ3) is 5.75. The average molecular weight is 497 g/mol. The molecule has 1 aromatic heterocycles. The second kappa shape index (κ2) is 9.81. The molecule has 7 heteroatoms. The highest BCUT2D eigenvalue weighted by Gasteiger charge is 2.10. The minimum atomic E-state index is -0.228. The molecule has 0 saturated carbocycles. The Hall–Kier alpha value is -3.09. The van der Waals surface area contributed by atoms with E-state index in [-0.39, 0.29) is 5.91 Å². The van der Waals surface area contributed by atoms with E-state index in [4.69, 9.17) is 16.3 Å². The molecule has 0 aliphatic carbocycles. The number of aromatic nitrogens is 2. The third-order valence-electron chi connectivity index (χ3n) is 4.58. The van der Waals surface area contributed by atoms with Gasteiger partial charge in [0.2, 0.25) is 0 Å². The van der Waals surface area contributed by atoms with Crippen molar-refractivity contribution in [1.82, 2.24) is 9.78 Å². The van der Waals surface area contributed by atoms with Gasteiger partial charge in [0.1, 0.15) is 12.4 Å². The highest BCUT2D eigenvalue weighted by molar-refractivity contribution is 9.10. The van der Waals surface area contributed by atoms with Gasteiger partial charge in [0.15, 0.2) is 5.82 Å². The molecule has 0 unspecified atom stereocenters. The van der Waals surface area contributed by atoms with Crippen LogP contribution in [0.2, 0.25) is 5.02 Å². The standard InChI is InChI=1S/C24H19BrClN3O2/c25-20-8-10-21(11-9-20)31-16-17-4-3-6-18(14-17)24(30)27-23-12-13-29(28-23)15-19-5-1-2-7-22(19)26/h1-14H,15-16H2,(H,27,28,30). The molecule has 156 valence electrons. The number of hydrogen-bond acceptors (Lipinski definition) is 3. The van der Waals surface area contributed by atoms with Gasteiger partial charge < -0.3 is 10.1 Å². The van der Waals surface area contributed by atoms with Gasteiger partial charge in [0.05, 0.1) is 6.54 Å². The predicted molar refractivity (Wildman–Crippen MR) is 126 cm³/mol. The van der Waals surface area contributed by atoms with Crippen molar-refractivity contribution < 1.29 is 9.53 Å². The molecular weight excluding hydrogens is 478 g/mol. The Bertz CT molecular complexity index is 1190. The molecule has 1 amide bonds. The summed E-state index contributed by atoms with van der Waals surface area (Å²) in [6, 6.07) is 24.3. The van der Waals surface area contributed by atoms with E-state index in [1.54, 1.807) is 23.0 Å². The van der Waals surface area contributed by atoms with Crippen LogP contribution in [0.5, 0.6) is 5.75 Å². The Labute approximate surface area is 193 Å². The van der Waals surface area contributed by atoms with Crippen molar-refractivity contribution >= 4 is 39.3 Å². The number of anilines is 1. The number of nitrogens with zero attached hydrogens (tertiary/aromatic N) is 2. The van der Waals surface area contributed by atoms with Crippen molar-refractivity contribution in [3.63, 3.8) is 0 Å². The molecule has 0 aliphatic rings. The second-order valence-electron chi connectivity index (χ2n) is 6.89. The number of benzene rings is 3. The molecule has 4 rings (SSSR count). The summed E-state index contributed by atoms with van der Waals surface area (Å²) in [6.07, 6.45) is 1.81. The summed E-state index contributed by atoms with van der Waals surface area (Å²) in [5.74, 6) is 1.02.